The van der Waals surface area contributed by atoms with Crippen LogP contribution in [0.1, 0.15) is 93.5 Å². The lowest BCUT2D eigenvalue weighted by Gasteiger charge is -2.22. The highest BCUT2D eigenvalue weighted by atomic mass is 35.5. The Bertz CT molecular complexity index is 841. The molecule has 3 rings (SSSR count). The molecule has 1 aromatic carbocycles. The molecule has 0 saturated heterocycles. The first-order valence-corrected chi connectivity index (χ1v) is 12.1. The highest BCUT2D eigenvalue weighted by molar-refractivity contribution is 6.31. The molecule has 4 nitrogen and oxygen atoms in total. The Morgan fingerprint density at radius 2 is 1.67 bits per heavy atom. The van der Waals surface area contributed by atoms with Crippen molar-refractivity contribution in [3.8, 4) is 0 Å². The Hall–Kier alpha value is -1.81. The Morgan fingerprint density at radius 1 is 1.07 bits per heavy atom. The van der Waals surface area contributed by atoms with Crippen LogP contribution >= 0.6 is 11.6 Å². The molecular formula is C25H36ClN2O2+. The molecule has 0 radical (unpaired) electrons. The first-order valence-electron chi connectivity index (χ1n) is 11.7. The van der Waals surface area contributed by atoms with E-state index in [0.29, 0.717) is 23.2 Å². The predicted octanol–water partition coefficient (Wildman–Crippen LogP) is 6.88. The second-order valence-corrected chi connectivity index (χ2v) is 8.98. The summed E-state index contributed by atoms with van der Waals surface area (Å²) in [5, 5.41) is 5.39. The summed E-state index contributed by atoms with van der Waals surface area (Å²) in [5.41, 5.74) is 3.47. The van der Waals surface area contributed by atoms with Gasteiger partial charge in [0.2, 0.25) is 5.52 Å². The number of ether oxygens (including phenoxy) is 1. The molecule has 1 fully saturated rings. The smallest absolute Gasteiger partial charge is 0.346 e. The SMILES string of the molecule is CCOC(=O)c1c[nH+]c2c(C)cc(Cl)cc2c1NC1CCCCCCCCCCC1. The molecular weight excluding hydrogens is 396 g/mol. The third-order valence-corrected chi connectivity index (χ3v) is 6.37. The lowest BCUT2D eigenvalue weighted by Crippen LogP contribution is -2.24. The molecule has 164 valence electrons. The lowest BCUT2D eigenvalue weighted by molar-refractivity contribution is -0.345. The maximum atomic E-state index is 12.7. The summed E-state index contributed by atoms with van der Waals surface area (Å²) in [7, 11) is 0. The topological polar surface area (TPSA) is 52.5 Å². The van der Waals surface area contributed by atoms with Gasteiger partial charge in [0.05, 0.1) is 17.7 Å². The zero-order valence-electron chi connectivity index (χ0n) is 18.5. The lowest BCUT2D eigenvalue weighted by atomic mass is 9.97. The quantitative estimate of drug-likeness (QED) is 0.537. The van der Waals surface area contributed by atoms with Crippen LogP contribution in [0, 0.1) is 6.92 Å². The van der Waals surface area contributed by atoms with E-state index in [1.165, 1.54) is 57.8 Å². The normalized spacial score (nSPS) is 17.2. The standard InChI is InChI=1S/C25H35ClN2O2/c1-3-30-25(29)22-17-27-23-18(2)15-19(26)16-21(23)24(22)28-20-13-11-9-7-5-4-6-8-10-12-14-20/h15-17,20H,3-14H2,1-2H3,(H,27,28)/p+1. The number of nitrogens with one attached hydrogen (secondary N) is 2. The number of fused-ring (bicyclic) bond motifs is 1. The second kappa shape index (κ2) is 11.5. The largest absolute Gasteiger partial charge is 0.462 e. The minimum absolute atomic E-state index is 0.302. The van der Waals surface area contributed by atoms with Gasteiger partial charge in [0.15, 0.2) is 6.20 Å². The summed E-state index contributed by atoms with van der Waals surface area (Å²) >= 11 is 6.39. The number of hydrogen-bond acceptors (Lipinski definition) is 3. The van der Waals surface area contributed by atoms with Crippen LogP contribution in [0.25, 0.3) is 10.9 Å². The monoisotopic (exact) mass is 431 g/mol. The maximum absolute atomic E-state index is 12.7. The van der Waals surface area contributed by atoms with Gasteiger partial charge in [-0.25, -0.2) is 9.78 Å². The maximum Gasteiger partial charge on any atom is 0.346 e. The number of aryl methyl sites for hydroxylation is 1. The molecule has 0 unspecified atom stereocenters. The van der Waals surface area contributed by atoms with Gasteiger partial charge in [-0.05, 0) is 38.8 Å². The van der Waals surface area contributed by atoms with Crippen LogP contribution in [0.2, 0.25) is 5.02 Å². The minimum Gasteiger partial charge on any atom is -0.462 e. The zero-order valence-corrected chi connectivity index (χ0v) is 19.2. The minimum atomic E-state index is -0.302. The molecule has 1 saturated carbocycles. The molecule has 1 aliphatic rings. The number of halogens is 1. The number of hydrogen-bond donors (Lipinski definition) is 1. The molecule has 2 aromatic rings. The number of rotatable bonds is 4. The molecule has 0 atom stereocenters. The third kappa shape index (κ3) is 6.10. The van der Waals surface area contributed by atoms with Crippen LogP contribution in [0.5, 0.6) is 0 Å². The van der Waals surface area contributed by atoms with Crippen molar-refractivity contribution in [1.82, 2.24) is 0 Å². The van der Waals surface area contributed by atoms with E-state index in [-0.39, 0.29) is 5.97 Å². The summed E-state index contributed by atoms with van der Waals surface area (Å²) in [6.45, 7) is 4.23. The molecule has 0 amide bonds. The molecule has 0 spiro atoms. The fraction of sp³-hybridized carbons (Fsp3) is 0.600. The van der Waals surface area contributed by atoms with Gasteiger partial charge in [-0.15, -0.1) is 0 Å². The Balaban J connectivity index is 1.93. The number of pyridine rings is 1. The average molecular weight is 432 g/mol. The van der Waals surface area contributed by atoms with Crippen molar-refractivity contribution in [2.24, 2.45) is 0 Å². The highest BCUT2D eigenvalue weighted by Gasteiger charge is 2.23. The van der Waals surface area contributed by atoms with Crippen LogP contribution in [0.4, 0.5) is 5.69 Å². The number of aromatic nitrogens is 1. The molecule has 1 aromatic heterocycles. The average Bonchev–Trinajstić information content (AvgIpc) is 2.70. The number of benzene rings is 1. The van der Waals surface area contributed by atoms with Crippen LogP contribution in [-0.4, -0.2) is 18.6 Å². The predicted molar refractivity (Wildman–Crippen MR) is 124 cm³/mol. The number of carbonyl (C=O) groups is 1. The molecule has 1 heterocycles. The van der Waals surface area contributed by atoms with E-state index < -0.39 is 0 Å². The summed E-state index contributed by atoms with van der Waals surface area (Å²) in [6, 6.07) is 4.24. The van der Waals surface area contributed by atoms with Gasteiger partial charge in [0.25, 0.3) is 0 Å². The van der Waals surface area contributed by atoms with E-state index in [0.717, 1.165) is 35.0 Å². The van der Waals surface area contributed by atoms with E-state index in [9.17, 15) is 4.79 Å². The molecule has 0 bridgehead atoms. The van der Waals surface area contributed by atoms with Crippen molar-refractivity contribution in [3.63, 3.8) is 0 Å². The van der Waals surface area contributed by atoms with Crippen molar-refractivity contribution in [2.45, 2.75) is 90.5 Å². The van der Waals surface area contributed by atoms with Crippen LogP contribution in [-0.2, 0) is 4.74 Å². The van der Waals surface area contributed by atoms with Crippen LogP contribution in [0.3, 0.4) is 0 Å². The fourth-order valence-corrected chi connectivity index (χ4v) is 4.80. The van der Waals surface area contributed by atoms with Crippen molar-refractivity contribution >= 4 is 34.2 Å². The summed E-state index contributed by atoms with van der Waals surface area (Å²) < 4.78 is 5.35. The molecule has 2 N–H and O–H groups in total. The number of carbonyl (C=O) groups excluding carboxylic acids is 1. The van der Waals surface area contributed by atoms with Crippen LogP contribution in [0.15, 0.2) is 18.3 Å². The van der Waals surface area contributed by atoms with E-state index in [4.69, 9.17) is 16.3 Å². The van der Waals surface area contributed by atoms with Gasteiger partial charge in [0, 0.05) is 16.6 Å². The molecule has 5 heteroatoms. The van der Waals surface area contributed by atoms with Gasteiger partial charge >= 0.3 is 5.97 Å². The second-order valence-electron chi connectivity index (χ2n) is 8.54. The van der Waals surface area contributed by atoms with E-state index in [1.54, 1.807) is 6.20 Å². The zero-order chi connectivity index (χ0) is 21.3. The summed E-state index contributed by atoms with van der Waals surface area (Å²) in [6.07, 6.45) is 15.8. The van der Waals surface area contributed by atoms with Gasteiger partial charge in [-0.1, -0.05) is 69.4 Å². The van der Waals surface area contributed by atoms with Gasteiger partial charge in [0.1, 0.15) is 5.56 Å². The Kier molecular flexibility index (Phi) is 8.80. The van der Waals surface area contributed by atoms with E-state index >= 15 is 0 Å². The summed E-state index contributed by atoms with van der Waals surface area (Å²) in [4.78, 5) is 16.0. The fourth-order valence-electron chi connectivity index (χ4n) is 4.53. The number of aromatic amines is 1. The van der Waals surface area contributed by atoms with Crippen molar-refractivity contribution in [3.05, 3.63) is 34.5 Å². The Labute approximate surface area is 185 Å². The first-order chi connectivity index (χ1) is 14.6. The van der Waals surface area contributed by atoms with Crippen LogP contribution < -0.4 is 10.3 Å². The number of H-pyrrole nitrogens is 1. The number of esters is 1. The number of anilines is 1. The van der Waals surface area contributed by atoms with Gasteiger partial charge < -0.3 is 10.1 Å². The van der Waals surface area contributed by atoms with Crippen molar-refractivity contribution in [2.75, 3.05) is 11.9 Å². The van der Waals surface area contributed by atoms with Gasteiger partial charge in [-0.2, -0.15) is 0 Å². The molecule has 1 aliphatic carbocycles. The van der Waals surface area contributed by atoms with E-state index in [2.05, 4.69) is 10.3 Å². The molecule has 0 aliphatic heterocycles. The third-order valence-electron chi connectivity index (χ3n) is 6.15. The van der Waals surface area contributed by atoms with Gasteiger partial charge in [-0.3, -0.25) is 0 Å². The molecule has 30 heavy (non-hydrogen) atoms. The summed E-state index contributed by atoms with van der Waals surface area (Å²) in [5.74, 6) is -0.302. The highest BCUT2D eigenvalue weighted by Crippen LogP contribution is 2.31. The van der Waals surface area contributed by atoms with E-state index in [1.807, 2.05) is 26.0 Å². The van der Waals surface area contributed by atoms with Crippen molar-refractivity contribution < 1.29 is 14.5 Å². The van der Waals surface area contributed by atoms with Crippen molar-refractivity contribution in [1.29, 1.82) is 0 Å². The Morgan fingerprint density at radius 3 is 2.27 bits per heavy atom. The first kappa shape index (κ1) is 22.9.